The molecule has 0 heterocycles. The molecular formula is C17H28N2O. The minimum absolute atomic E-state index is 0.308. The van der Waals surface area contributed by atoms with E-state index in [-0.39, 0.29) is 6.10 Å². The average Bonchev–Trinajstić information content (AvgIpc) is 2.93. The van der Waals surface area contributed by atoms with Gasteiger partial charge in [0, 0.05) is 19.1 Å². The Morgan fingerprint density at radius 3 is 2.45 bits per heavy atom. The van der Waals surface area contributed by atoms with E-state index in [9.17, 15) is 5.11 Å². The predicted octanol–water partition coefficient (Wildman–Crippen LogP) is 2.43. The minimum atomic E-state index is -0.308. The molecule has 1 aliphatic rings. The number of rotatable bonds is 7. The molecule has 0 bridgehead atoms. The molecule has 2 unspecified atom stereocenters. The van der Waals surface area contributed by atoms with E-state index in [0.29, 0.717) is 25.0 Å². The van der Waals surface area contributed by atoms with Gasteiger partial charge >= 0.3 is 0 Å². The fraction of sp³-hybridized carbons (Fsp3) is 0.647. The summed E-state index contributed by atoms with van der Waals surface area (Å²) in [5.74, 6) is 0.712. The summed E-state index contributed by atoms with van der Waals surface area (Å²) in [6, 6.07) is 11.1. The van der Waals surface area contributed by atoms with Crippen molar-refractivity contribution in [3.05, 3.63) is 35.9 Å². The van der Waals surface area contributed by atoms with Gasteiger partial charge < -0.3 is 15.3 Å². The fourth-order valence-corrected chi connectivity index (χ4v) is 3.26. The lowest BCUT2D eigenvalue weighted by atomic mass is 9.91. The molecule has 2 N–H and O–H groups in total. The van der Waals surface area contributed by atoms with E-state index >= 15 is 0 Å². The number of hydrogen-bond acceptors (Lipinski definition) is 3. The lowest BCUT2D eigenvalue weighted by Crippen LogP contribution is -2.38. The van der Waals surface area contributed by atoms with Crippen molar-refractivity contribution in [2.24, 2.45) is 5.92 Å². The highest BCUT2D eigenvalue weighted by Gasteiger charge is 2.26. The van der Waals surface area contributed by atoms with E-state index in [1.165, 1.54) is 31.2 Å². The number of likely N-dealkylation sites (N-methyl/N-ethyl adjacent to an activating group) is 1. The second kappa shape index (κ2) is 7.77. The van der Waals surface area contributed by atoms with E-state index in [1.54, 1.807) is 0 Å². The van der Waals surface area contributed by atoms with Gasteiger partial charge in [-0.2, -0.15) is 0 Å². The van der Waals surface area contributed by atoms with Gasteiger partial charge in [0.15, 0.2) is 0 Å². The van der Waals surface area contributed by atoms with Gasteiger partial charge in [0.25, 0.3) is 0 Å². The van der Waals surface area contributed by atoms with Gasteiger partial charge in [0.1, 0.15) is 0 Å². The van der Waals surface area contributed by atoms with Crippen LogP contribution in [-0.4, -0.2) is 43.3 Å². The van der Waals surface area contributed by atoms with Crippen molar-refractivity contribution in [1.29, 1.82) is 0 Å². The number of nitrogens with one attached hydrogen (secondary N) is 1. The summed E-state index contributed by atoms with van der Waals surface area (Å²) in [6.07, 6.45) is 4.98. The molecule has 1 aliphatic carbocycles. The van der Waals surface area contributed by atoms with Gasteiger partial charge in [-0.1, -0.05) is 43.2 Å². The van der Waals surface area contributed by atoms with Crippen LogP contribution in [0.3, 0.4) is 0 Å². The maximum atomic E-state index is 10.1. The highest BCUT2D eigenvalue weighted by atomic mass is 16.3. The van der Waals surface area contributed by atoms with Crippen LogP contribution in [-0.2, 0) is 0 Å². The molecule has 0 amide bonds. The molecule has 1 fully saturated rings. The lowest BCUT2D eigenvalue weighted by molar-refractivity contribution is 0.127. The Kier molecular flexibility index (Phi) is 6.02. The number of aliphatic hydroxyl groups excluding tert-OH is 1. The molecule has 1 aromatic carbocycles. The van der Waals surface area contributed by atoms with Crippen molar-refractivity contribution in [1.82, 2.24) is 10.2 Å². The van der Waals surface area contributed by atoms with E-state index in [0.717, 1.165) is 0 Å². The number of hydrogen-bond donors (Lipinski definition) is 2. The molecule has 2 atom stereocenters. The van der Waals surface area contributed by atoms with Crippen LogP contribution < -0.4 is 5.32 Å². The number of nitrogens with zero attached hydrogens (tertiary/aromatic N) is 1. The predicted molar refractivity (Wildman–Crippen MR) is 83.7 cm³/mol. The zero-order valence-corrected chi connectivity index (χ0v) is 12.8. The summed E-state index contributed by atoms with van der Waals surface area (Å²) in [5, 5.41) is 13.7. The molecule has 2 rings (SSSR count). The first kappa shape index (κ1) is 15.5. The van der Waals surface area contributed by atoms with Crippen molar-refractivity contribution in [2.45, 2.75) is 37.8 Å². The van der Waals surface area contributed by atoms with Gasteiger partial charge in [-0.3, -0.25) is 0 Å². The van der Waals surface area contributed by atoms with Crippen LogP contribution in [0.15, 0.2) is 30.3 Å². The Morgan fingerprint density at radius 2 is 1.85 bits per heavy atom. The third-order valence-corrected chi connectivity index (χ3v) is 4.18. The van der Waals surface area contributed by atoms with Crippen LogP contribution in [0.5, 0.6) is 0 Å². The molecule has 0 aliphatic heterocycles. The molecule has 3 heteroatoms. The summed E-state index contributed by atoms with van der Waals surface area (Å²) in [6.45, 7) is 1.37. The Morgan fingerprint density at radius 1 is 1.20 bits per heavy atom. The first-order valence-corrected chi connectivity index (χ1v) is 7.78. The molecule has 112 valence electrons. The van der Waals surface area contributed by atoms with Gasteiger partial charge in [0.05, 0.1) is 6.10 Å². The molecular weight excluding hydrogens is 248 g/mol. The lowest BCUT2D eigenvalue weighted by Gasteiger charge is -2.27. The summed E-state index contributed by atoms with van der Waals surface area (Å²) < 4.78 is 0. The van der Waals surface area contributed by atoms with Crippen LogP contribution in [0, 0.1) is 5.92 Å². The zero-order chi connectivity index (χ0) is 14.4. The number of aliphatic hydroxyl groups is 1. The van der Waals surface area contributed by atoms with Crippen LogP contribution in [0.4, 0.5) is 0 Å². The highest BCUT2D eigenvalue weighted by molar-refractivity contribution is 5.20. The quantitative estimate of drug-likeness (QED) is 0.803. The molecule has 1 saturated carbocycles. The Hall–Kier alpha value is -0.900. The van der Waals surface area contributed by atoms with Gasteiger partial charge in [-0.15, -0.1) is 0 Å². The SMILES string of the molecule is CN(C)CC(O)CNC(c1ccccc1)C1CCCC1. The third kappa shape index (κ3) is 4.58. The Labute approximate surface area is 123 Å². The molecule has 0 saturated heterocycles. The van der Waals surface area contributed by atoms with E-state index in [1.807, 2.05) is 19.0 Å². The van der Waals surface area contributed by atoms with Gasteiger partial charge in [0.2, 0.25) is 0 Å². The van der Waals surface area contributed by atoms with Crippen molar-refractivity contribution in [3.8, 4) is 0 Å². The molecule has 20 heavy (non-hydrogen) atoms. The first-order valence-electron chi connectivity index (χ1n) is 7.78. The van der Waals surface area contributed by atoms with Crippen LogP contribution in [0.1, 0.15) is 37.3 Å². The maximum absolute atomic E-state index is 10.1. The van der Waals surface area contributed by atoms with Crippen molar-refractivity contribution < 1.29 is 5.11 Å². The molecule has 0 aromatic heterocycles. The largest absolute Gasteiger partial charge is 0.390 e. The van der Waals surface area contributed by atoms with Crippen molar-refractivity contribution in [3.63, 3.8) is 0 Å². The Bertz CT molecular complexity index is 374. The van der Waals surface area contributed by atoms with Gasteiger partial charge in [-0.05, 0) is 38.4 Å². The molecule has 0 spiro atoms. The second-order valence-electron chi connectivity index (χ2n) is 6.26. The highest BCUT2D eigenvalue weighted by Crippen LogP contribution is 2.35. The summed E-state index contributed by atoms with van der Waals surface area (Å²) in [5.41, 5.74) is 1.36. The van der Waals surface area contributed by atoms with Crippen LogP contribution >= 0.6 is 0 Å². The second-order valence-corrected chi connectivity index (χ2v) is 6.26. The van der Waals surface area contributed by atoms with Gasteiger partial charge in [-0.25, -0.2) is 0 Å². The molecule has 1 aromatic rings. The van der Waals surface area contributed by atoms with Crippen molar-refractivity contribution in [2.75, 3.05) is 27.2 Å². The zero-order valence-electron chi connectivity index (χ0n) is 12.8. The number of benzene rings is 1. The Balaban J connectivity index is 1.96. The summed E-state index contributed by atoms with van der Waals surface area (Å²) in [7, 11) is 3.99. The standard InChI is InChI=1S/C17H28N2O/c1-19(2)13-16(20)12-18-17(15-10-6-7-11-15)14-8-4-3-5-9-14/h3-5,8-9,15-18,20H,6-7,10-13H2,1-2H3. The van der Waals surface area contributed by atoms with E-state index < -0.39 is 0 Å². The molecule has 0 radical (unpaired) electrons. The van der Waals surface area contributed by atoms with Crippen LogP contribution in [0.25, 0.3) is 0 Å². The average molecular weight is 276 g/mol. The van der Waals surface area contributed by atoms with Crippen LogP contribution in [0.2, 0.25) is 0 Å². The molecule has 3 nitrogen and oxygen atoms in total. The minimum Gasteiger partial charge on any atom is -0.390 e. The normalized spacial score (nSPS) is 19.4. The van der Waals surface area contributed by atoms with Crippen molar-refractivity contribution >= 4 is 0 Å². The van der Waals surface area contributed by atoms with E-state index in [4.69, 9.17) is 0 Å². The first-order chi connectivity index (χ1) is 9.66. The van der Waals surface area contributed by atoms with E-state index in [2.05, 4.69) is 35.6 Å². The topological polar surface area (TPSA) is 35.5 Å². The summed E-state index contributed by atoms with van der Waals surface area (Å²) in [4.78, 5) is 2.03. The smallest absolute Gasteiger partial charge is 0.0791 e. The fourth-order valence-electron chi connectivity index (χ4n) is 3.26. The third-order valence-electron chi connectivity index (χ3n) is 4.18. The summed E-state index contributed by atoms with van der Waals surface area (Å²) >= 11 is 0. The monoisotopic (exact) mass is 276 g/mol. The maximum Gasteiger partial charge on any atom is 0.0791 e.